The van der Waals surface area contributed by atoms with Gasteiger partial charge < -0.3 is 5.32 Å². The van der Waals surface area contributed by atoms with Crippen molar-refractivity contribution in [1.82, 2.24) is 0 Å². The van der Waals surface area contributed by atoms with Gasteiger partial charge in [0.15, 0.2) is 0 Å². The fraction of sp³-hybridized carbons (Fsp3) is 0.250. The fourth-order valence-corrected chi connectivity index (χ4v) is 2.17. The van der Waals surface area contributed by atoms with Gasteiger partial charge >= 0.3 is 0 Å². The minimum atomic E-state index is -0.337. The van der Waals surface area contributed by atoms with Gasteiger partial charge in [-0.05, 0) is 37.5 Å². The first kappa shape index (κ1) is 14.1. The Morgan fingerprint density at radius 2 is 1.80 bits per heavy atom. The van der Waals surface area contributed by atoms with Gasteiger partial charge in [-0.1, -0.05) is 30.3 Å². The number of nitrogens with one attached hydrogen (secondary N) is 1. The number of rotatable bonds is 5. The first-order chi connectivity index (χ1) is 9.58. The molecule has 0 bridgehead atoms. The molecule has 104 valence electrons. The number of nitrogens with zero attached hydrogens (tertiary/aromatic N) is 1. The van der Waals surface area contributed by atoms with Gasteiger partial charge in [0.25, 0.3) is 5.69 Å². The summed E-state index contributed by atoms with van der Waals surface area (Å²) in [6.45, 7) is 4.46. The maximum absolute atomic E-state index is 10.9. The van der Waals surface area contributed by atoms with Gasteiger partial charge in [0.05, 0.1) is 4.92 Å². The van der Waals surface area contributed by atoms with E-state index in [0.29, 0.717) is 5.56 Å². The maximum Gasteiger partial charge on any atom is 0.272 e. The molecule has 0 heterocycles. The smallest absolute Gasteiger partial charge is 0.272 e. The fourth-order valence-electron chi connectivity index (χ4n) is 2.17. The van der Waals surface area contributed by atoms with Crippen molar-refractivity contribution in [2.24, 2.45) is 0 Å². The second kappa shape index (κ2) is 6.19. The molecule has 0 atom stereocenters. The van der Waals surface area contributed by atoms with E-state index in [2.05, 4.69) is 17.4 Å². The largest absolute Gasteiger partial charge is 0.384 e. The lowest BCUT2D eigenvalue weighted by Gasteiger charge is -2.11. The lowest BCUT2D eigenvalue weighted by atomic mass is 10.1. The van der Waals surface area contributed by atoms with E-state index in [4.69, 9.17) is 0 Å². The Labute approximate surface area is 118 Å². The topological polar surface area (TPSA) is 55.2 Å². The van der Waals surface area contributed by atoms with Crippen LogP contribution in [-0.2, 0) is 6.42 Å². The van der Waals surface area contributed by atoms with Gasteiger partial charge in [0, 0.05) is 23.9 Å². The molecule has 0 unspecified atom stereocenters. The molecule has 0 saturated carbocycles. The Balaban J connectivity index is 2.03. The molecule has 0 saturated heterocycles. The van der Waals surface area contributed by atoms with Crippen LogP contribution in [0.15, 0.2) is 42.5 Å². The summed E-state index contributed by atoms with van der Waals surface area (Å²) in [6, 6.07) is 13.7. The molecule has 0 fully saturated rings. The van der Waals surface area contributed by atoms with Crippen molar-refractivity contribution in [3.8, 4) is 0 Å². The Hall–Kier alpha value is -2.36. The predicted octanol–water partition coefficient (Wildman–Crippen LogP) is 3.87. The number of nitro groups is 1. The van der Waals surface area contributed by atoms with Gasteiger partial charge in [-0.2, -0.15) is 0 Å². The van der Waals surface area contributed by atoms with Crippen molar-refractivity contribution < 1.29 is 4.92 Å². The molecular formula is C16H18N2O2. The van der Waals surface area contributed by atoms with E-state index in [1.807, 2.05) is 31.2 Å². The van der Waals surface area contributed by atoms with Crippen LogP contribution in [0.2, 0.25) is 0 Å². The van der Waals surface area contributed by atoms with E-state index >= 15 is 0 Å². The summed E-state index contributed by atoms with van der Waals surface area (Å²) < 4.78 is 0. The van der Waals surface area contributed by atoms with Crippen LogP contribution in [0.25, 0.3) is 0 Å². The van der Waals surface area contributed by atoms with Gasteiger partial charge in [-0.15, -0.1) is 0 Å². The zero-order valence-corrected chi connectivity index (χ0v) is 11.7. The van der Waals surface area contributed by atoms with Crippen LogP contribution in [0.3, 0.4) is 0 Å². The van der Waals surface area contributed by atoms with Gasteiger partial charge in [0.1, 0.15) is 0 Å². The Morgan fingerprint density at radius 1 is 1.10 bits per heavy atom. The van der Waals surface area contributed by atoms with Crippen molar-refractivity contribution in [2.45, 2.75) is 20.3 Å². The lowest BCUT2D eigenvalue weighted by Crippen LogP contribution is -2.07. The molecule has 0 spiro atoms. The number of hydrogen-bond acceptors (Lipinski definition) is 3. The highest BCUT2D eigenvalue weighted by Crippen LogP contribution is 2.25. The first-order valence-electron chi connectivity index (χ1n) is 6.61. The lowest BCUT2D eigenvalue weighted by molar-refractivity contribution is -0.385. The van der Waals surface area contributed by atoms with E-state index in [9.17, 15) is 10.1 Å². The Kier molecular flexibility index (Phi) is 4.35. The third-order valence-corrected chi connectivity index (χ3v) is 3.31. The second-order valence-electron chi connectivity index (χ2n) is 4.87. The van der Waals surface area contributed by atoms with Crippen molar-refractivity contribution in [2.75, 3.05) is 11.9 Å². The second-order valence-corrected chi connectivity index (χ2v) is 4.87. The number of hydrogen-bond donors (Lipinski definition) is 1. The SMILES string of the molecule is Cc1cc([N+](=O)[O-])c(C)cc1NCCc1ccccc1. The standard InChI is InChI=1S/C16H18N2O2/c1-12-11-16(18(19)20)13(2)10-15(12)17-9-8-14-6-4-3-5-7-14/h3-7,10-11,17H,8-9H2,1-2H3. The molecule has 4 heteroatoms. The summed E-state index contributed by atoms with van der Waals surface area (Å²) in [5.74, 6) is 0. The van der Waals surface area contributed by atoms with Gasteiger partial charge in [-0.3, -0.25) is 10.1 Å². The highest BCUT2D eigenvalue weighted by molar-refractivity contribution is 5.59. The molecule has 0 aliphatic heterocycles. The molecule has 4 nitrogen and oxygen atoms in total. The molecule has 0 aliphatic carbocycles. The van der Waals surface area contributed by atoms with E-state index in [0.717, 1.165) is 24.2 Å². The van der Waals surface area contributed by atoms with Crippen LogP contribution in [0.1, 0.15) is 16.7 Å². The van der Waals surface area contributed by atoms with Crippen molar-refractivity contribution in [1.29, 1.82) is 0 Å². The molecule has 1 N–H and O–H groups in total. The third-order valence-electron chi connectivity index (χ3n) is 3.31. The molecule has 2 rings (SSSR count). The average molecular weight is 270 g/mol. The predicted molar refractivity (Wildman–Crippen MR) is 81.2 cm³/mol. The summed E-state index contributed by atoms with van der Waals surface area (Å²) in [5, 5.41) is 14.2. The van der Waals surface area contributed by atoms with E-state index in [-0.39, 0.29) is 10.6 Å². The minimum Gasteiger partial charge on any atom is -0.384 e. The third kappa shape index (κ3) is 3.35. The van der Waals surface area contributed by atoms with E-state index < -0.39 is 0 Å². The quantitative estimate of drug-likeness (QED) is 0.663. The normalized spacial score (nSPS) is 10.3. The van der Waals surface area contributed by atoms with E-state index in [1.54, 1.807) is 13.0 Å². The van der Waals surface area contributed by atoms with Crippen LogP contribution in [0.5, 0.6) is 0 Å². The first-order valence-corrected chi connectivity index (χ1v) is 6.61. The summed E-state index contributed by atoms with van der Waals surface area (Å²) in [4.78, 5) is 10.5. The summed E-state index contributed by atoms with van der Waals surface area (Å²) in [7, 11) is 0. The minimum absolute atomic E-state index is 0.177. The molecule has 0 radical (unpaired) electrons. The highest BCUT2D eigenvalue weighted by Gasteiger charge is 2.12. The molecule has 2 aromatic rings. The Bertz CT molecular complexity index is 609. The van der Waals surface area contributed by atoms with Crippen molar-refractivity contribution in [3.63, 3.8) is 0 Å². The average Bonchev–Trinajstić information content (AvgIpc) is 2.43. The van der Waals surface area contributed by atoms with Gasteiger partial charge in [-0.25, -0.2) is 0 Å². The molecule has 20 heavy (non-hydrogen) atoms. The zero-order chi connectivity index (χ0) is 14.5. The number of aryl methyl sites for hydroxylation is 2. The summed E-state index contributed by atoms with van der Waals surface area (Å²) in [6.07, 6.45) is 0.927. The number of nitro benzene ring substituents is 1. The van der Waals surface area contributed by atoms with Crippen LogP contribution in [0.4, 0.5) is 11.4 Å². The Morgan fingerprint density at radius 3 is 2.45 bits per heavy atom. The maximum atomic E-state index is 10.9. The molecule has 0 aliphatic rings. The molecule has 0 amide bonds. The summed E-state index contributed by atoms with van der Waals surface area (Å²) >= 11 is 0. The zero-order valence-electron chi connectivity index (χ0n) is 11.7. The van der Waals surface area contributed by atoms with Crippen LogP contribution < -0.4 is 5.32 Å². The van der Waals surface area contributed by atoms with Crippen LogP contribution in [-0.4, -0.2) is 11.5 Å². The number of anilines is 1. The van der Waals surface area contributed by atoms with Crippen LogP contribution in [0, 0.1) is 24.0 Å². The van der Waals surface area contributed by atoms with Crippen molar-refractivity contribution in [3.05, 3.63) is 69.3 Å². The summed E-state index contributed by atoms with van der Waals surface area (Å²) in [5.41, 5.74) is 3.99. The molecule has 0 aromatic heterocycles. The molecular weight excluding hydrogens is 252 g/mol. The van der Waals surface area contributed by atoms with E-state index in [1.165, 1.54) is 5.56 Å². The number of benzene rings is 2. The highest BCUT2D eigenvalue weighted by atomic mass is 16.6. The van der Waals surface area contributed by atoms with Crippen LogP contribution >= 0.6 is 0 Å². The van der Waals surface area contributed by atoms with Crippen molar-refractivity contribution >= 4 is 11.4 Å². The molecule has 2 aromatic carbocycles. The van der Waals surface area contributed by atoms with Gasteiger partial charge in [0.2, 0.25) is 0 Å². The monoisotopic (exact) mass is 270 g/mol.